The summed E-state index contributed by atoms with van der Waals surface area (Å²) in [5.41, 5.74) is 1.38. The lowest BCUT2D eigenvalue weighted by atomic mass is 10.1. The van der Waals surface area contributed by atoms with E-state index < -0.39 is 5.97 Å². The smallest absolute Gasteiger partial charge is 0.335 e. The Morgan fingerprint density at radius 3 is 2.29 bits per heavy atom. The van der Waals surface area contributed by atoms with Crippen LogP contribution in [-0.2, 0) is 4.74 Å². The molecule has 1 atom stereocenters. The first-order valence-corrected chi connectivity index (χ1v) is 7.54. The predicted octanol–water partition coefficient (Wildman–Crippen LogP) is 2.74. The van der Waals surface area contributed by atoms with Gasteiger partial charge in [0, 0.05) is 12.1 Å². The number of hydrogen-bond donors (Lipinski definition) is 1. The van der Waals surface area contributed by atoms with Crippen LogP contribution in [0.3, 0.4) is 0 Å². The first-order valence-electron chi connectivity index (χ1n) is 7.54. The van der Waals surface area contributed by atoms with Crippen LogP contribution >= 0.6 is 0 Å². The van der Waals surface area contributed by atoms with Crippen molar-refractivity contribution in [3.05, 3.63) is 71.0 Å². The van der Waals surface area contributed by atoms with E-state index in [1.54, 1.807) is 17.0 Å². The first-order chi connectivity index (χ1) is 11.5. The molecule has 0 radical (unpaired) electrons. The summed E-state index contributed by atoms with van der Waals surface area (Å²) in [5.74, 6) is -1.53. The molecule has 0 bridgehead atoms. The quantitative estimate of drug-likeness (QED) is 0.940. The van der Waals surface area contributed by atoms with Crippen LogP contribution in [0.1, 0.15) is 32.4 Å². The van der Waals surface area contributed by atoms with Gasteiger partial charge in [-0.25, -0.2) is 9.18 Å². The minimum atomic E-state index is -1.03. The average Bonchev–Trinajstić information content (AvgIpc) is 2.62. The van der Waals surface area contributed by atoms with Crippen molar-refractivity contribution in [2.24, 2.45) is 0 Å². The Morgan fingerprint density at radius 1 is 1.04 bits per heavy atom. The van der Waals surface area contributed by atoms with Crippen molar-refractivity contribution >= 4 is 11.9 Å². The van der Waals surface area contributed by atoms with E-state index in [-0.39, 0.29) is 23.4 Å². The lowest BCUT2D eigenvalue weighted by molar-refractivity contribution is -0.0228. The van der Waals surface area contributed by atoms with Crippen LogP contribution in [0.5, 0.6) is 0 Å². The molecule has 0 saturated carbocycles. The molecule has 1 amide bonds. The minimum Gasteiger partial charge on any atom is -0.478 e. The molecule has 0 aromatic heterocycles. The van der Waals surface area contributed by atoms with Crippen LogP contribution in [0.4, 0.5) is 4.39 Å². The van der Waals surface area contributed by atoms with Crippen LogP contribution in [-0.4, -0.2) is 41.6 Å². The molecule has 1 N–H and O–H groups in total. The van der Waals surface area contributed by atoms with E-state index in [0.29, 0.717) is 25.3 Å². The molecule has 1 saturated heterocycles. The third-order valence-corrected chi connectivity index (χ3v) is 3.97. The van der Waals surface area contributed by atoms with Gasteiger partial charge in [0.15, 0.2) is 0 Å². The Hall–Kier alpha value is -2.73. The molecular formula is C18H16FNO4. The Balaban J connectivity index is 1.72. The van der Waals surface area contributed by atoms with Crippen molar-refractivity contribution in [3.8, 4) is 0 Å². The summed E-state index contributed by atoms with van der Waals surface area (Å²) in [5, 5.41) is 8.90. The van der Waals surface area contributed by atoms with E-state index in [1.165, 1.54) is 36.4 Å². The molecule has 2 aromatic rings. The minimum absolute atomic E-state index is 0.137. The van der Waals surface area contributed by atoms with E-state index in [9.17, 15) is 14.0 Å². The summed E-state index contributed by atoms with van der Waals surface area (Å²) in [7, 11) is 0. The van der Waals surface area contributed by atoms with Gasteiger partial charge in [-0.15, -0.1) is 0 Å². The van der Waals surface area contributed by atoms with Crippen molar-refractivity contribution in [2.45, 2.75) is 6.10 Å². The molecule has 24 heavy (non-hydrogen) atoms. The molecule has 1 aliphatic rings. The molecule has 1 heterocycles. The third-order valence-electron chi connectivity index (χ3n) is 3.97. The largest absolute Gasteiger partial charge is 0.478 e. The van der Waals surface area contributed by atoms with Crippen molar-refractivity contribution in [1.29, 1.82) is 0 Å². The van der Waals surface area contributed by atoms with Gasteiger partial charge < -0.3 is 14.7 Å². The predicted molar refractivity (Wildman–Crippen MR) is 84.4 cm³/mol. The number of carbonyl (C=O) groups is 2. The van der Waals surface area contributed by atoms with Gasteiger partial charge in [0.2, 0.25) is 0 Å². The molecule has 0 aliphatic carbocycles. The molecule has 6 heteroatoms. The van der Waals surface area contributed by atoms with Crippen LogP contribution in [0.25, 0.3) is 0 Å². The maximum atomic E-state index is 13.0. The highest BCUT2D eigenvalue weighted by atomic mass is 19.1. The number of ether oxygens (including phenoxy) is 1. The van der Waals surface area contributed by atoms with Gasteiger partial charge in [-0.3, -0.25) is 4.79 Å². The summed E-state index contributed by atoms with van der Waals surface area (Å²) in [6, 6.07) is 11.9. The number of halogens is 1. The van der Waals surface area contributed by atoms with Gasteiger partial charge in [0.05, 0.1) is 18.7 Å². The van der Waals surface area contributed by atoms with Gasteiger partial charge in [-0.05, 0) is 42.0 Å². The lowest BCUT2D eigenvalue weighted by Crippen LogP contribution is -2.42. The van der Waals surface area contributed by atoms with Crippen molar-refractivity contribution < 1.29 is 23.8 Å². The maximum absolute atomic E-state index is 13.0. The molecule has 2 aromatic carbocycles. The number of benzene rings is 2. The highest BCUT2D eigenvalue weighted by Gasteiger charge is 2.26. The number of morpholine rings is 1. The zero-order valence-corrected chi connectivity index (χ0v) is 12.8. The monoisotopic (exact) mass is 329 g/mol. The number of carboxylic acids is 1. The Labute approximate surface area is 138 Å². The average molecular weight is 329 g/mol. The van der Waals surface area contributed by atoms with E-state index in [4.69, 9.17) is 9.84 Å². The van der Waals surface area contributed by atoms with Gasteiger partial charge in [0.25, 0.3) is 5.91 Å². The van der Waals surface area contributed by atoms with Gasteiger partial charge in [-0.1, -0.05) is 12.1 Å². The number of amides is 1. The summed E-state index contributed by atoms with van der Waals surface area (Å²) in [6.45, 7) is 1.21. The number of nitrogens with zero attached hydrogens (tertiary/aromatic N) is 1. The van der Waals surface area contributed by atoms with E-state index in [1.807, 2.05) is 0 Å². The highest BCUT2D eigenvalue weighted by Crippen LogP contribution is 2.23. The maximum Gasteiger partial charge on any atom is 0.335 e. The second-order valence-corrected chi connectivity index (χ2v) is 5.54. The van der Waals surface area contributed by atoms with Crippen LogP contribution in [0, 0.1) is 5.82 Å². The van der Waals surface area contributed by atoms with Crippen LogP contribution < -0.4 is 0 Å². The number of carbonyl (C=O) groups excluding carboxylic acids is 1. The van der Waals surface area contributed by atoms with Crippen LogP contribution in [0.2, 0.25) is 0 Å². The lowest BCUT2D eigenvalue weighted by Gasteiger charge is -2.33. The van der Waals surface area contributed by atoms with E-state index >= 15 is 0 Å². The van der Waals surface area contributed by atoms with Crippen molar-refractivity contribution in [3.63, 3.8) is 0 Å². The van der Waals surface area contributed by atoms with Crippen LogP contribution in [0.15, 0.2) is 48.5 Å². The molecule has 5 nitrogen and oxygen atoms in total. The Bertz CT molecular complexity index is 743. The highest BCUT2D eigenvalue weighted by molar-refractivity contribution is 5.96. The third kappa shape index (κ3) is 3.44. The summed E-state index contributed by atoms with van der Waals surface area (Å²) >= 11 is 0. The van der Waals surface area contributed by atoms with Gasteiger partial charge in [-0.2, -0.15) is 0 Å². The number of carboxylic acid groups (broad SMARTS) is 1. The Morgan fingerprint density at radius 2 is 1.67 bits per heavy atom. The fourth-order valence-electron chi connectivity index (χ4n) is 2.65. The normalized spacial score (nSPS) is 17.5. The van der Waals surface area contributed by atoms with E-state index in [0.717, 1.165) is 5.56 Å². The zero-order valence-electron chi connectivity index (χ0n) is 12.8. The molecule has 1 fully saturated rings. The second-order valence-electron chi connectivity index (χ2n) is 5.54. The molecule has 1 aliphatic heterocycles. The molecule has 0 spiro atoms. The fourth-order valence-corrected chi connectivity index (χ4v) is 2.65. The summed E-state index contributed by atoms with van der Waals surface area (Å²) in [6.07, 6.45) is -0.304. The van der Waals surface area contributed by atoms with Crippen molar-refractivity contribution in [2.75, 3.05) is 19.7 Å². The SMILES string of the molecule is O=C(O)c1ccc(C(=O)N2CCO[C@@H](c3ccc(F)cc3)C2)cc1. The topological polar surface area (TPSA) is 66.8 Å². The summed E-state index contributed by atoms with van der Waals surface area (Å²) < 4.78 is 18.7. The number of aromatic carboxylic acids is 1. The molecular weight excluding hydrogens is 313 g/mol. The fraction of sp³-hybridized carbons (Fsp3) is 0.222. The number of hydrogen-bond acceptors (Lipinski definition) is 3. The standard InChI is InChI=1S/C18H16FNO4/c19-15-7-5-12(6-8-15)16-11-20(9-10-24-16)17(21)13-1-3-14(4-2-13)18(22)23/h1-8,16H,9-11H2,(H,22,23)/t16-/m1/s1. The first kappa shape index (κ1) is 16.1. The van der Waals surface area contributed by atoms with Crippen molar-refractivity contribution in [1.82, 2.24) is 4.90 Å². The zero-order chi connectivity index (χ0) is 17.1. The summed E-state index contributed by atoms with van der Waals surface area (Å²) in [4.78, 5) is 25.1. The van der Waals surface area contributed by atoms with Gasteiger partial charge >= 0.3 is 5.97 Å². The van der Waals surface area contributed by atoms with Gasteiger partial charge in [0.1, 0.15) is 11.9 Å². The number of rotatable bonds is 3. The molecule has 3 rings (SSSR count). The molecule has 124 valence electrons. The second kappa shape index (κ2) is 6.80. The molecule has 0 unspecified atom stereocenters. The Kier molecular flexibility index (Phi) is 4.57. The van der Waals surface area contributed by atoms with E-state index in [2.05, 4.69) is 0 Å².